The van der Waals surface area contributed by atoms with Crippen LogP contribution in [0.3, 0.4) is 0 Å². The highest BCUT2D eigenvalue weighted by atomic mass is 16.7. The molecule has 0 spiro atoms. The number of aliphatic hydroxyl groups excluding tert-OH is 1. The van der Waals surface area contributed by atoms with Gasteiger partial charge in [0.1, 0.15) is 18.8 Å². The summed E-state index contributed by atoms with van der Waals surface area (Å²) in [4.78, 5) is 83.0. The van der Waals surface area contributed by atoms with Gasteiger partial charge in [0.2, 0.25) is 0 Å². The van der Waals surface area contributed by atoms with Crippen LogP contribution >= 0.6 is 0 Å². The first-order chi connectivity index (χ1) is 20.5. The van der Waals surface area contributed by atoms with E-state index in [1.807, 2.05) is 0 Å². The van der Waals surface area contributed by atoms with Crippen LogP contribution < -0.4 is 0 Å². The lowest BCUT2D eigenvalue weighted by atomic mass is 9.97. The van der Waals surface area contributed by atoms with Gasteiger partial charge < -0.3 is 52.5 Å². The molecule has 2 aliphatic heterocycles. The number of hydrogen-bond donors (Lipinski definition) is 1. The second-order valence-electron chi connectivity index (χ2n) is 9.69. The van der Waals surface area contributed by atoms with Gasteiger partial charge in [-0.25, -0.2) is 0 Å². The summed E-state index contributed by atoms with van der Waals surface area (Å²) in [5.74, 6) is -5.94. The van der Waals surface area contributed by atoms with Crippen molar-refractivity contribution in [1.82, 2.24) is 0 Å². The van der Waals surface area contributed by atoms with Gasteiger partial charge in [0.05, 0.1) is 6.61 Å². The first kappa shape index (κ1) is 36.3. The Morgan fingerprint density at radius 2 is 0.841 bits per heavy atom. The van der Waals surface area contributed by atoms with E-state index in [-0.39, 0.29) is 0 Å². The molecule has 0 aliphatic carbocycles. The third-order valence-corrected chi connectivity index (χ3v) is 5.89. The fourth-order valence-electron chi connectivity index (χ4n) is 4.52. The van der Waals surface area contributed by atoms with Crippen LogP contribution in [0.15, 0.2) is 0 Å². The summed E-state index contributed by atoms with van der Waals surface area (Å²) in [7, 11) is 0. The number of carbonyl (C=O) groups excluding carboxylic acids is 7. The second kappa shape index (κ2) is 16.3. The number of carbonyl (C=O) groups is 7. The molecule has 2 aliphatic rings. The van der Waals surface area contributed by atoms with Crippen molar-refractivity contribution in [3.05, 3.63) is 0 Å². The van der Waals surface area contributed by atoms with Gasteiger partial charge in [0.15, 0.2) is 49.2 Å². The molecule has 18 nitrogen and oxygen atoms in total. The Hall–Kier alpha value is -3.87. The number of esters is 7. The van der Waals surface area contributed by atoms with Crippen molar-refractivity contribution in [2.45, 2.75) is 110 Å². The lowest BCUT2D eigenvalue weighted by molar-refractivity contribution is -0.330. The Bertz CT molecular complexity index is 1090. The zero-order valence-electron chi connectivity index (χ0n) is 25.1. The molecule has 44 heavy (non-hydrogen) atoms. The molecule has 0 bridgehead atoms. The minimum Gasteiger partial charge on any atom is -0.463 e. The largest absolute Gasteiger partial charge is 0.463 e. The normalized spacial score (nSPS) is 31.5. The van der Waals surface area contributed by atoms with Gasteiger partial charge >= 0.3 is 41.8 Å². The third-order valence-electron chi connectivity index (χ3n) is 5.89. The summed E-state index contributed by atoms with van der Waals surface area (Å²) in [5.41, 5.74) is 0. The first-order valence-corrected chi connectivity index (χ1v) is 13.3. The predicted molar refractivity (Wildman–Crippen MR) is 135 cm³/mol. The van der Waals surface area contributed by atoms with E-state index >= 15 is 0 Å². The Balaban J connectivity index is 2.48. The standard InChI is InChI=1S/C26H36O18/c1-10(27)35-8-18-20(38-12(3)29)22(40-14(5)31)24(42-16(7)33)26(44-18)36-9-17-19(37-11(2)28)21(39-13(4)30)23(25(34)43-17)41-15(6)32/h17-26,34H,8-9H2,1-7H3/t17?,18?,19-,20-,21?,22?,23?,24?,25-,26+/m1/s1. The molecule has 248 valence electrons. The van der Waals surface area contributed by atoms with Crippen LogP contribution in [0.4, 0.5) is 0 Å². The summed E-state index contributed by atoms with van der Waals surface area (Å²) >= 11 is 0. The van der Waals surface area contributed by atoms with Gasteiger partial charge in [0, 0.05) is 48.5 Å². The summed E-state index contributed by atoms with van der Waals surface area (Å²) in [6.45, 7) is 6.15. The molecule has 10 atom stereocenters. The SMILES string of the molecule is CC(=O)OCC1O[C@H](OCC2O[C@@H](O)C(OC(C)=O)C(OC(C)=O)[C@@H]2OC(C)=O)C(OC(C)=O)C(OC(C)=O)[C@@H]1OC(C)=O. The van der Waals surface area contributed by atoms with Gasteiger partial charge in [-0.1, -0.05) is 0 Å². The molecule has 6 unspecified atom stereocenters. The van der Waals surface area contributed by atoms with Crippen molar-refractivity contribution in [2.75, 3.05) is 13.2 Å². The molecular weight excluding hydrogens is 600 g/mol. The molecular formula is C26H36O18. The van der Waals surface area contributed by atoms with Crippen molar-refractivity contribution < 1.29 is 86.0 Å². The van der Waals surface area contributed by atoms with E-state index in [0.717, 1.165) is 48.5 Å². The number of hydrogen-bond acceptors (Lipinski definition) is 18. The predicted octanol–water partition coefficient (Wildman–Crippen LogP) is -1.40. The highest BCUT2D eigenvalue weighted by molar-refractivity contribution is 5.69. The molecule has 2 fully saturated rings. The molecule has 0 aromatic heterocycles. The summed E-state index contributed by atoms with van der Waals surface area (Å²) in [5, 5.41) is 10.6. The monoisotopic (exact) mass is 636 g/mol. The summed E-state index contributed by atoms with van der Waals surface area (Å²) < 4.78 is 53.7. The van der Waals surface area contributed by atoms with E-state index in [1.165, 1.54) is 0 Å². The van der Waals surface area contributed by atoms with Crippen molar-refractivity contribution >= 4 is 41.8 Å². The maximum absolute atomic E-state index is 12.1. The van der Waals surface area contributed by atoms with E-state index in [2.05, 4.69) is 0 Å². The number of rotatable bonds is 11. The highest BCUT2D eigenvalue weighted by Gasteiger charge is 2.55. The molecule has 2 rings (SSSR count). The number of aliphatic hydroxyl groups is 1. The fourth-order valence-corrected chi connectivity index (χ4v) is 4.52. The van der Waals surface area contributed by atoms with Gasteiger partial charge in [0.25, 0.3) is 0 Å². The third kappa shape index (κ3) is 10.7. The minimum atomic E-state index is -1.90. The maximum Gasteiger partial charge on any atom is 0.303 e. The molecule has 0 radical (unpaired) electrons. The lowest BCUT2D eigenvalue weighted by Gasteiger charge is -2.45. The van der Waals surface area contributed by atoms with E-state index in [9.17, 15) is 38.7 Å². The number of ether oxygens (including phenoxy) is 10. The van der Waals surface area contributed by atoms with Crippen LogP contribution in [0, 0.1) is 0 Å². The Labute approximate surface area is 251 Å². The fraction of sp³-hybridized carbons (Fsp3) is 0.731. The molecule has 0 aromatic carbocycles. The van der Waals surface area contributed by atoms with E-state index in [0.29, 0.717) is 0 Å². The lowest BCUT2D eigenvalue weighted by Crippen LogP contribution is -2.64. The van der Waals surface area contributed by atoms with Gasteiger partial charge in [-0.15, -0.1) is 0 Å². The van der Waals surface area contributed by atoms with E-state index in [4.69, 9.17) is 47.4 Å². The van der Waals surface area contributed by atoms with Crippen LogP contribution in [-0.2, 0) is 80.9 Å². The van der Waals surface area contributed by atoms with Gasteiger partial charge in [-0.2, -0.15) is 0 Å². The zero-order chi connectivity index (χ0) is 33.3. The Kier molecular flexibility index (Phi) is 13.4. The van der Waals surface area contributed by atoms with Crippen LogP contribution in [0.25, 0.3) is 0 Å². The highest BCUT2D eigenvalue weighted by Crippen LogP contribution is 2.32. The average Bonchev–Trinajstić information content (AvgIpc) is 2.87. The van der Waals surface area contributed by atoms with Crippen LogP contribution in [-0.4, -0.2) is 122 Å². The summed E-state index contributed by atoms with van der Waals surface area (Å²) in [6, 6.07) is 0. The topological polar surface area (TPSA) is 232 Å². The second-order valence-corrected chi connectivity index (χ2v) is 9.69. The van der Waals surface area contributed by atoms with Crippen molar-refractivity contribution in [1.29, 1.82) is 0 Å². The first-order valence-electron chi connectivity index (χ1n) is 13.3. The van der Waals surface area contributed by atoms with Crippen molar-refractivity contribution in [2.24, 2.45) is 0 Å². The molecule has 0 aromatic rings. The smallest absolute Gasteiger partial charge is 0.303 e. The molecule has 18 heteroatoms. The van der Waals surface area contributed by atoms with Crippen LogP contribution in [0.2, 0.25) is 0 Å². The zero-order valence-corrected chi connectivity index (χ0v) is 25.1. The quantitative estimate of drug-likeness (QED) is 0.203. The van der Waals surface area contributed by atoms with Crippen LogP contribution in [0.1, 0.15) is 48.5 Å². The minimum absolute atomic E-state index is 0.523. The molecule has 2 heterocycles. The van der Waals surface area contributed by atoms with E-state index < -0.39 is 116 Å². The van der Waals surface area contributed by atoms with Crippen LogP contribution in [0.5, 0.6) is 0 Å². The summed E-state index contributed by atoms with van der Waals surface area (Å²) in [6.07, 6.45) is -15.6. The molecule has 0 saturated carbocycles. The molecule has 2 saturated heterocycles. The van der Waals surface area contributed by atoms with E-state index in [1.54, 1.807) is 0 Å². The van der Waals surface area contributed by atoms with Gasteiger partial charge in [-0.05, 0) is 0 Å². The molecule has 0 amide bonds. The average molecular weight is 637 g/mol. The Morgan fingerprint density at radius 3 is 1.27 bits per heavy atom. The van der Waals surface area contributed by atoms with Crippen molar-refractivity contribution in [3.8, 4) is 0 Å². The maximum atomic E-state index is 12.1. The molecule has 1 N–H and O–H groups in total. The van der Waals surface area contributed by atoms with Gasteiger partial charge in [-0.3, -0.25) is 33.6 Å². The van der Waals surface area contributed by atoms with Crippen molar-refractivity contribution in [3.63, 3.8) is 0 Å². The Morgan fingerprint density at radius 1 is 0.477 bits per heavy atom.